The van der Waals surface area contributed by atoms with Gasteiger partial charge in [-0.25, -0.2) is 8.78 Å². The van der Waals surface area contributed by atoms with Crippen LogP contribution in [0.1, 0.15) is 22.5 Å². The van der Waals surface area contributed by atoms with E-state index in [0.717, 1.165) is 12.1 Å². The van der Waals surface area contributed by atoms with Gasteiger partial charge in [-0.15, -0.1) is 0 Å². The Morgan fingerprint density at radius 3 is 2.54 bits per heavy atom. The van der Waals surface area contributed by atoms with Gasteiger partial charge < -0.3 is 4.57 Å². The summed E-state index contributed by atoms with van der Waals surface area (Å²) >= 11 is 0. The highest BCUT2D eigenvalue weighted by molar-refractivity contribution is 6.24. The monoisotopic (exact) mass is 359 g/mol. The maximum Gasteiger partial charge on any atom is 0.277 e. The van der Waals surface area contributed by atoms with E-state index in [4.69, 9.17) is 0 Å². The number of carbonyl (C=O) groups is 4. The Hall–Kier alpha value is -3.36. The summed E-state index contributed by atoms with van der Waals surface area (Å²) in [4.78, 5) is 50.6. The molecule has 132 valence electrons. The van der Waals surface area contributed by atoms with E-state index in [2.05, 4.69) is 5.32 Å². The molecule has 1 saturated heterocycles. The van der Waals surface area contributed by atoms with E-state index in [0.29, 0.717) is 11.0 Å². The van der Waals surface area contributed by atoms with Crippen molar-refractivity contribution in [2.24, 2.45) is 0 Å². The fourth-order valence-corrected chi connectivity index (χ4v) is 3.36. The summed E-state index contributed by atoms with van der Waals surface area (Å²) in [5.41, 5.74) is -1.98. The number of nitrogens with one attached hydrogen (secondary N) is 1. The van der Waals surface area contributed by atoms with E-state index in [9.17, 15) is 28.0 Å². The van der Waals surface area contributed by atoms with Crippen LogP contribution in [0.2, 0.25) is 0 Å². The van der Waals surface area contributed by atoms with Crippen LogP contribution >= 0.6 is 0 Å². The summed E-state index contributed by atoms with van der Waals surface area (Å²) in [6, 6.07) is 5.63. The van der Waals surface area contributed by atoms with Crippen molar-refractivity contribution in [2.75, 3.05) is 0 Å². The molecule has 2 aliphatic rings. The van der Waals surface area contributed by atoms with Crippen LogP contribution in [0.5, 0.6) is 0 Å². The predicted molar refractivity (Wildman–Crippen MR) is 81.4 cm³/mol. The molecular formula is C17H11F2N3O4. The fourth-order valence-electron chi connectivity index (χ4n) is 3.36. The van der Waals surface area contributed by atoms with E-state index < -0.39 is 53.8 Å². The molecular weight excluding hydrogens is 348 g/mol. The molecule has 26 heavy (non-hydrogen) atoms. The Morgan fingerprint density at radius 1 is 1.12 bits per heavy atom. The second-order valence-electron chi connectivity index (χ2n) is 6.11. The molecule has 1 unspecified atom stereocenters. The molecule has 0 aliphatic carbocycles. The number of hydrogen-bond acceptors (Lipinski definition) is 4. The number of rotatable bonds is 2. The molecule has 1 spiro atoms. The van der Waals surface area contributed by atoms with Crippen LogP contribution in [0.3, 0.4) is 0 Å². The van der Waals surface area contributed by atoms with Crippen LogP contribution < -0.4 is 5.32 Å². The lowest BCUT2D eigenvalue weighted by Crippen LogP contribution is -2.60. The molecule has 0 radical (unpaired) electrons. The number of aromatic nitrogens is 1. The summed E-state index contributed by atoms with van der Waals surface area (Å²) in [5.74, 6) is -4.88. The third-order valence-electron chi connectivity index (χ3n) is 4.61. The summed E-state index contributed by atoms with van der Waals surface area (Å²) in [6.07, 6.45) is 0.918. The average molecular weight is 359 g/mol. The largest absolute Gasteiger partial charge is 0.320 e. The van der Waals surface area contributed by atoms with Crippen molar-refractivity contribution in [1.82, 2.24) is 14.8 Å². The zero-order valence-corrected chi connectivity index (χ0v) is 13.2. The van der Waals surface area contributed by atoms with Crippen molar-refractivity contribution < 1.29 is 28.0 Å². The molecule has 4 amide bonds. The molecule has 2 aliphatic heterocycles. The van der Waals surface area contributed by atoms with Crippen molar-refractivity contribution >= 4 is 23.6 Å². The first kappa shape index (κ1) is 16.1. The minimum atomic E-state index is -1.92. The minimum Gasteiger partial charge on any atom is -0.320 e. The van der Waals surface area contributed by atoms with E-state index >= 15 is 0 Å². The second kappa shape index (κ2) is 5.32. The van der Waals surface area contributed by atoms with Gasteiger partial charge in [-0.05, 0) is 18.2 Å². The van der Waals surface area contributed by atoms with Gasteiger partial charge in [0, 0.05) is 17.8 Å². The van der Waals surface area contributed by atoms with Crippen molar-refractivity contribution in [1.29, 1.82) is 0 Å². The number of hydrogen-bond donors (Lipinski definition) is 1. The number of nitrogens with zero attached hydrogens (tertiary/aromatic N) is 2. The molecule has 7 nitrogen and oxygen atoms in total. The summed E-state index contributed by atoms with van der Waals surface area (Å²) in [7, 11) is 0. The first-order valence-electron chi connectivity index (χ1n) is 7.67. The molecule has 0 saturated carbocycles. The molecule has 1 aromatic carbocycles. The first-order chi connectivity index (χ1) is 12.3. The fraction of sp³-hybridized carbons (Fsp3) is 0.176. The topological polar surface area (TPSA) is 88.5 Å². The van der Waals surface area contributed by atoms with Crippen molar-refractivity contribution in [2.45, 2.75) is 18.5 Å². The van der Waals surface area contributed by atoms with E-state index in [1.54, 1.807) is 0 Å². The number of fused-ring (bicyclic) bond motifs is 2. The van der Waals surface area contributed by atoms with Gasteiger partial charge in [0.05, 0.1) is 13.0 Å². The quantitative estimate of drug-likeness (QED) is 0.631. The maximum atomic E-state index is 14.0. The van der Waals surface area contributed by atoms with Crippen molar-refractivity contribution in [3.8, 4) is 0 Å². The number of amides is 4. The lowest BCUT2D eigenvalue weighted by molar-refractivity contribution is -0.147. The standard InChI is InChI=1S/C17H11F2N3O4/c18-10-4-3-9(11(19)6-10)8-21-14(24)12-2-1-5-22(12)17(16(21)26)7-13(23)20-15(17)25/h1-6H,7-8H2,(H,20,23,25). The third kappa shape index (κ3) is 2.03. The number of carbonyl (C=O) groups excluding carboxylic acids is 4. The molecule has 1 aromatic heterocycles. The average Bonchev–Trinajstić information content (AvgIpc) is 3.17. The van der Waals surface area contributed by atoms with Gasteiger partial charge >= 0.3 is 0 Å². The zero-order valence-electron chi connectivity index (χ0n) is 13.2. The van der Waals surface area contributed by atoms with Crippen LogP contribution in [0.15, 0.2) is 36.5 Å². The van der Waals surface area contributed by atoms with Gasteiger partial charge in [-0.2, -0.15) is 0 Å². The van der Waals surface area contributed by atoms with Crippen LogP contribution in [0, 0.1) is 11.6 Å². The van der Waals surface area contributed by atoms with Crippen LogP contribution in [-0.4, -0.2) is 33.1 Å². The molecule has 1 atom stereocenters. The van der Waals surface area contributed by atoms with Crippen LogP contribution in [-0.2, 0) is 26.5 Å². The summed E-state index contributed by atoms with van der Waals surface area (Å²) in [5, 5.41) is 2.08. The molecule has 0 bridgehead atoms. The molecule has 2 aromatic rings. The zero-order chi connectivity index (χ0) is 18.6. The van der Waals surface area contributed by atoms with Crippen LogP contribution in [0.25, 0.3) is 0 Å². The number of halogens is 2. The molecule has 1 fully saturated rings. The first-order valence-corrected chi connectivity index (χ1v) is 7.67. The number of benzene rings is 1. The molecule has 9 heteroatoms. The molecule has 1 N–H and O–H groups in total. The van der Waals surface area contributed by atoms with Crippen molar-refractivity contribution in [3.05, 3.63) is 59.4 Å². The minimum absolute atomic E-state index is 0.0250. The van der Waals surface area contributed by atoms with E-state index in [1.165, 1.54) is 22.9 Å². The van der Waals surface area contributed by atoms with Crippen LogP contribution in [0.4, 0.5) is 8.78 Å². The predicted octanol–water partition coefficient (Wildman–Crippen LogP) is 0.691. The van der Waals surface area contributed by atoms with E-state index in [1.807, 2.05) is 0 Å². The van der Waals surface area contributed by atoms with Gasteiger partial charge in [0.15, 0.2) is 0 Å². The van der Waals surface area contributed by atoms with Crippen molar-refractivity contribution in [3.63, 3.8) is 0 Å². The highest BCUT2D eigenvalue weighted by atomic mass is 19.1. The van der Waals surface area contributed by atoms with Gasteiger partial charge in [0.25, 0.3) is 17.7 Å². The highest BCUT2D eigenvalue weighted by Crippen LogP contribution is 2.36. The Bertz CT molecular complexity index is 1000. The Balaban J connectivity index is 1.82. The smallest absolute Gasteiger partial charge is 0.277 e. The second-order valence-corrected chi connectivity index (χ2v) is 6.11. The van der Waals surface area contributed by atoms with Gasteiger partial charge in [-0.3, -0.25) is 29.4 Å². The SMILES string of the molecule is O=C1CC2(C(=O)N1)C(=O)N(Cc1ccc(F)cc1F)C(=O)c1cccn12. The Kier molecular flexibility index (Phi) is 3.30. The Morgan fingerprint density at radius 2 is 1.88 bits per heavy atom. The summed E-state index contributed by atoms with van der Waals surface area (Å²) in [6.45, 7) is -0.488. The number of imide groups is 2. The molecule has 4 rings (SSSR count). The third-order valence-corrected chi connectivity index (χ3v) is 4.61. The summed E-state index contributed by atoms with van der Waals surface area (Å²) < 4.78 is 28.2. The maximum absolute atomic E-state index is 14.0. The normalized spacial score (nSPS) is 22.2. The van der Waals surface area contributed by atoms with E-state index in [-0.39, 0.29) is 11.3 Å². The van der Waals surface area contributed by atoms with Gasteiger partial charge in [-0.1, -0.05) is 6.07 Å². The Labute approximate surface area is 145 Å². The highest BCUT2D eigenvalue weighted by Gasteiger charge is 2.60. The van der Waals surface area contributed by atoms with Gasteiger partial charge in [0.2, 0.25) is 11.4 Å². The molecule has 3 heterocycles. The van der Waals surface area contributed by atoms with Gasteiger partial charge in [0.1, 0.15) is 17.3 Å². The lowest BCUT2D eigenvalue weighted by atomic mass is 9.91. The lowest BCUT2D eigenvalue weighted by Gasteiger charge is -2.37.